The van der Waals surface area contributed by atoms with Crippen molar-refractivity contribution >= 4 is 5.91 Å². The fraction of sp³-hybridized carbons (Fsp3) is 0.227. The fourth-order valence-corrected chi connectivity index (χ4v) is 3.07. The average Bonchev–Trinajstić information content (AvgIpc) is 2.77. The van der Waals surface area contributed by atoms with Crippen molar-refractivity contribution in [3.63, 3.8) is 0 Å². The second kappa shape index (κ2) is 9.13. The molecule has 1 aromatic heterocycles. The van der Waals surface area contributed by atoms with Gasteiger partial charge in [0.25, 0.3) is 0 Å². The van der Waals surface area contributed by atoms with Crippen molar-refractivity contribution in [2.45, 2.75) is 19.5 Å². The van der Waals surface area contributed by atoms with E-state index in [9.17, 15) is 14.4 Å². The molecule has 0 radical (unpaired) electrons. The topological polar surface area (TPSA) is 91.6 Å². The Hall–Kier alpha value is -3.81. The molecule has 0 fully saturated rings. The summed E-state index contributed by atoms with van der Waals surface area (Å²) < 4.78 is 12.7. The van der Waals surface area contributed by atoms with Crippen molar-refractivity contribution < 1.29 is 14.3 Å². The Balaban J connectivity index is 1.76. The van der Waals surface area contributed by atoms with Gasteiger partial charge in [-0.15, -0.1) is 0 Å². The Kier molecular flexibility index (Phi) is 6.36. The van der Waals surface area contributed by atoms with Gasteiger partial charge in [-0.1, -0.05) is 24.3 Å². The van der Waals surface area contributed by atoms with E-state index in [0.29, 0.717) is 11.4 Å². The lowest BCUT2D eigenvalue weighted by atomic mass is 10.1. The van der Waals surface area contributed by atoms with Crippen molar-refractivity contribution in [1.82, 2.24) is 14.5 Å². The smallest absolute Gasteiger partial charge is 0.321 e. The van der Waals surface area contributed by atoms with Gasteiger partial charge in [-0.25, -0.2) is 0 Å². The number of hydrogen-bond acceptors (Lipinski definition) is 5. The standard InChI is InChI=1S/C22H23N3O5/c1-15(16-8-10-17(29-2)11-9-16)23-20(26)14-24-12-13-25(22(28)21(24)27)18-6-4-5-7-19(18)30-3/h4-13,15H,14H2,1-3H3,(H,23,26)/t15-/m1/s1. The lowest BCUT2D eigenvalue weighted by molar-refractivity contribution is -0.122. The third-order valence-electron chi connectivity index (χ3n) is 4.71. The lowest BCUT2D eigenvalue weighted by Gasteiger charge is -2.16. The zero-order chi connectivity index (χ0) is 21.7. The van der Waals surface area contributed by atoms with E-state index in [1.165, 1.54) is 24.1 Å². The van der Waals surface area contributed by atoms with Gasteiger partial charge >= 0.3 is 11.1 Å². The van der Waals surface area contributed by atoms with Gasteiger partial charge in [0.2, 0.25) is 5.91 Å². The molecule has 8 heteroatoms. The molecule has 30 heavy (non-hydrogen) atoms. The molecule has 8 nitrogen and oxygen atoms in total. The Morgan fingerprint density at radius 3 is 2.33 bits per heavy atom. The van der Waals surface area contributed by atoms with Crippen LogP contribution in [0.15, 0.2) is 70.5 Å². The maximum atomic E-state index is 12.6. The summed E-state index contributed by atoms with van der Waals surface area (Å²) >= 11 is 0. The fourth-order valence-electron chi connectivity index (χ4n) is 3.07. The number of ether oxygens (including phenoxy) is 2. The highest BCUT2D eigenvalue weighted by atomic mass is 16.5. The molecule has 0 unspecified atom stereocenters. The normalized spacial score (nSPS) is 11.6. The molecule has 3 rings (SSSR count). The molecule has 0 aliphatic carbocycles. The summed E-state index contributed by atoms with van der Waals surface area (Å²) in [4.78, 5) is 37.5. The summed E-state index contributed by atoms with van der Waals surface area (Å²) in [6.45, 7) is 1.57. The SMILES string of the molecule is COc1ccc([C@@H](C)NC(=O)Cn2ccn(-c3ccccc3OC)c(=O)c2=O)cc1. The van der Waals surface area contributed by atoms with Crippen LogP contribution >= 0.6 is 0 Å². The maximum absolute atomic E-state index is 12.6. The molecule has 1 N–H and O–H groups in total. The molecule has 0 saturated heterocycles. The van der Waals surface area contributed by atoms with Crippen LogP contribution in [0.2, 0.25) is 0 Å². The second-order valence-corrected chi connectivity index (χ2v) is 6.64. The number of para-hydroxylation sites is 2. The number of amides is 1. The van der Waals surface area contributed by atoms with Crippen LogP contribution in [0.4, 0.5) is 0 Å². The van der Waals surface area contributed by atoms with Gasteiger partial charge in [-0.2, -0.15) is 0 Å². The van der Waals surface area contributed by atoms with Crippen LogP contribution in [0.25, 0.3) is 5.69 Å². The predicted octanol–water partition coefficient (Wildman–Crippen LogP) is 1.89. The van der Waals surface area contributed by atoms with E-state index in [-0.39, 0.29) is 18.5 Å². The third-order valence-corrected chi connectivity index (χ3v) is 4.71. The van der Waals surface area contributed by atoms with Crippen LogP contribution in [0.5, 0.6) is 11.5 Å². The number of carbonyl (C=O) groups is 1. The maximum Gasteiger partial charge on any atom is 0.321 e. The zero-order valence-corrected chi connectivity index (χ0v) is 17.0. The first-order valence-corrected chi connectivity index (χ1v) is 9.33. The molecular formula is C22H23N3O5. The largest absolute Gasteiger partial charge is 0.497 e. The summed E-state index contributed by atoms with van der Waals surface area (Å²) in [6, 6.07) is 13.9. The number of nitrogens with one attached hydrogen (secondary N) is 1. The summed E-state index contributed by atoms with van der Waals surface area (Å²) in [7, 11) is 3.07. The highest BCUT2D eigenvalue weighted by molar-refractivity contribution is 5.76. The van der Waals surface area contributed by atoms with Crippen molar-refractivity contribution in [3.8, 4) is 17.2 Å². The molecule has 0 bridgehead atoms. The number of methoxy groups -OCH3 is 2. The zero-order valence-electron chi connectivity index (χ0n) is 17.0. The van der Waals surface area contributed by atoms with Crippen molar-refractivity contribution in [1.29, 1.82) is 0 Å². The van der Waals surface area contributed by atoms with E-state index >= 15 is 0 Å². The van der Waals surface area contributed by atoms with E-state index in [2.05, 4.69) is 5.32 Å². The Labute approximate surface area is 173 Å². The van der Waals surface area contributed by atoms with Gasteiger partial charge in [0.1, 0.15) is 18.0 Å². The molecular weight excluding hydrogens is 386 g/mol. The lowest BCUT2D eigenvalue weighted by Crippen LogP contribution is -2.42. The van der Waals surface area contributed by atoms with E-state index < -0.39 is 11.1 Å². The van der Waals surface area contributed by atoms with Crippen LogP contribution in [0.1, 0.15) is 18.5 Å². The number of carbonyl (C=O) groups excluding carboxylic acids is 1. The summed E-state index contributed by atoms with van der Waals surface area (Å²) in [5.41, 5.74) is -0.219. The van der Waals surface area contributed by atoms with Crippen LogP contribution in [-0.2, 0) is 11.3 Å². The quantitative estimate of drug-likeness (QED) is 0.602. The average molecular weight is 409 g/mol. The van der Waals surface area contributed by atoms with Gasteiger partial charge in [0, 0.05) is 12.4 Å². The van der Waals surface area contributed by atoms with Crippen LogP contribution in [0.3, 0.4) is 0 Å². The van der Waals surface area contributed by atoms with Gasteiger partial charge in [0.05, 0.1) is 25.9 Å². The van der Waals surface area contributed by atoms with Crippen molar-refractivity contribution in [2.75, 3.05) is 14.2 Å². The second-order valence-electron chi connectivity index (χ2n) is 6.64. The first-order valence-electron chi connectivity index (χ1n) is 9.33. The third kappa shape index (κ3) is 4.43. The Morgan fingerprint density at radius 2 is 1.67 bits per heavy atom. The van der Waals surface area contributed by atoms with Gasteiger partial charge in [0.15, 0.2) is 0 Å². The minimum Gasteiger partial charge on any atom is -0.497 e. The van der Waals surface area contributed by atoms with E-state index in [1.807, 2.05) is 19.1 Å². The van der Waals surface area contributed by atoms with E-state index in [0.717, 1.165) is 15.9 Å². The monoisotopic (exact) mass is 409 g/mol. The van der Waals surface area contributed by atoms with E-state index in [1.54, 1.807) is 43.5 Å². The number of aromatic nitrogens is 2. The molecule has 0 spiro atoms. The van der Waals surface area contributed by atoms with E-state index in [4.69, 9.17) is 9.47 Å². The molecule has 1 heterocycles. The van der Waals surface area contributed by atoms with Crippen LogP contribution in [-0.4, -0.2) is 29.3 Å². The molecule has 2 aromatic carbocycles. The van der Waals surface area contributed by atoms with Gasteiger partial charge in [-0.05, 0) is 36.8 Å². The minimum atomic E-state index is -0.796. The van der Waals surface area contributed by atoms with Gasteiger partial charge < -0.3 is 14.8 Å². The van der Waals surface area contributed by atoms with Crippen LogP contribution in [0, 0.1) is 0 Å². The minimum absolute atomic E-state index is 0.263. The summed E-state index contributed by atoms with van der Waals surface area (Å²) in [5.74, 6) is 0.803. The Bertz CT molecular complexity index is 1150. The number of benzene rings is 2. The molecule has 0 aliphatic rings. The highest BCUT2D eigenvalue weighted by Gasteiger charge is 2.14. The van der Waals surface area contributed by atoms with Crippen molar-refractivity contribution in [2.24, 2.45) is 0 Å². The molecule has 0 saturated carbocycles. The molecule has 1 amide bonds. The summed E-state index contributed by atoms with van der Waals surface area (Å²) in [5, 5.41) is 2.83. The molecule has 3 aromatic rings. The number of nitrogens with zero attached hydrogens (tertiary/aromatic N) is 2. The molecule has 0 aliphatic heterocycles. The van der Waals surface area contributed by atoms with Crippen LogP contribution < -0.4 is 25.9 Å². The molecule has 1 atom stereocenters. The molecule has 156 valence electrons. The van der Waals surface area contributed by atoms with Crippen molar-refractivity contribution in [3.05, 3.63) is 87.2 Å². The number of hydrogen-bond donors (Lipinski definition) is 1. The summed E-state index contributed by atoms with van der Waals surface area (Å²) in [6.07, 6.45) is 2.86. The Morgan fingerprint density at radius 1 is 0.967 bits per heavy atom. The first kappa shape index (κ1) is 20.9. The predicted molar refractivity (Wildman–Crippen MR) is 112 cm³/mol. The van der Waals surface area contributed by atoms with Gasteiger partial charge in [-0.3, -0.25) is 23.5 Å². The number of rotatable bonds is 7. The highest BCUT2D eigenvalue weighted by Crippen LogP contribution is 2.20. The first-order chi connectivity index (χ1) is 14.4.